The first-order valence-electron chi connectivity index (χ1n) is 7.77. The van der Waals surface area contributed by atoms with E-state index in [1.54, 1.807) is 30.2 Å². The lowest BCUT2D eigenvalue weighted by molar-refractivity contribution is -0.138. The van der Waals surface area contributed by atoms with Gasteiger partial charge in [0.05, 0.1) is 13.5 Å². The summed E-state index contributed by atoms with van der Waals surface area (Å²) in [6.07, 6.45) is 0.172. The van der Waals surface area contributed by atoms with Gasteiger partial charge in [-0.2, -0.15) is 0 Å². The Balaban J connectivity index is 1.89. The first kappa shape index (κ1) is 16.1. The number of carboxylic acid groups (broad SMARTS) is 1. The average Bonchev–Trinajstić information content (AvgIpc) is 2.95. The van der Waals surface area contributed by atoms with Crippen LogP contribution in [0.2, 0.25) is 0 Å². The van der Waals surface area contributed by atoms with Crippen molar-refractivity contribution in [2.75, 3.05) is 18.6 Å². The normalized spacial score (nSPS) is 15.9. The number of carbonyl (C=O) groups excluding carboxylic acids is 1. The van der Waals surface area contributed by atoms with E-state index < -0.39 is 11.9 Å². The number of benzene rings is 2. The van der Waals surface area contributed by atoms with Crippen LogP contribution in [0, 0.1) is 6.92 Å². The Kier molecular flexibility index (Phi) is 4.25. The lowest BCUT2D eigenvalue weighted by Gasteiger charge is -2.18. The van der Waals surface area contributed by atoms with Gasteiger partial charge in [0.2, 0.25) is 5.91 Å². The van der Waals surface area contributed by atoms with Crippen molar-refractivity contribution in [3.8, 4) is 5.75 Å². The van der Waals surface area contributed by atoms with Crippen LogP contribution in [-0.2, 0) is 16.0 Å². The minimum Gasteiger partial charge on any atom is -0.496 e. The summed E-state index contributed by atoms with van der Waals surface area (Å²) in [6, 6.07) is 12.9. The van der Waals surface area contributed by atoms with E-state index in [2.05, 4.69) is 0 Å². The molecule has 1 heterocycles. The molecule has 0 aliphatic carbocycles. The van der Waals surface area contributed by atoms with Crippen molar-refractivity contribution in [2.45, 2.75) is 19.3 Å². The lowest BCUT2D eigenvalue weighted by atomic mass is 10.0. The van der Waals surface area contributed by atoms with Crippen molar-refractivity contribution < 1.29 is 19.4 Å². The minimum absolute atomic E-state index is 0.130. The number of aliphatic carboxylic acids is 1. The third kappa shape index (κ3) is 2.85. The Bertz CT molecular complexity index is 800. The quantitative estimate of drug-likeness (QED) is 0.938. The van der Waals surface area contributed by atoms with Crippen LogP contribution in [0.3, 0.4) is 0 Å². The molecule has 0 radical (unpaired) electrons. The third-order valence-electron chi connectivity index (χ3n) is 4.34. The van der Waals surface area contributed by atoms with Gasteiger partial charge in [0.1, 0.15) is 11.7 Å². The SMILES string of the molecule is COc1ccc(C)cc1CC(=O)N1CC(C(=O)O)c2ccccc21. The Morgan fingerprint density at radius 2 is 2.00 bits per heavy atom. The number of fused-ring (bicyclic) bond motifs is 1. The summed E-state index contributed by atoms with van der Waals surface area (Å²) >= 11 is 0. The van der Waals surface area contributed by atoms with Gasteiger partial charge in [-0.15, -0.1) is 0 Å². The highest BCUT2D eigenvalue weighted by molar-refractivity contribution is 6.00. The van der Waals surface area contributed by atoms with Crippen LogP contribution < -0.4 is 9.64 Å². The summed E-state index contributed by atoms with van der Waals surface area (Å²) < 4.78 is 5.33. The standard InChI is InChI=1S/C19H19NO4/c1-12-7-8-17(24-2)13(9-12)10-18(21)20-11-15(19(22)23)14-5-3-4-6-16(14)20/h3-9,15H,10-11H2,1-2H3,(H,22,23). The molecule has 1 atom stereocenters. The summed E-state index contributed by atoms with van der Waals surface area (Å²) in [6.45, 7) is 2.13. The predicted molar refractivity (Wildman–Crippen MR) is 90.6 cm³/mol. The molecular formula is C19H19NO4. The molecule has 2 aromatic rings. The van der Waals surface area contributed by atoms with E-state index in [0.717, 1.165) is 11.1 Å². The van der Waals surface area contributed by atoms with Gasteiger partial charge in [-0.05, 0) is 24.6 Å². The van der Waals surface area contributed by atoms with Crippen molar-refractivity contribution in [1.82, 2.24) is 0 Å². The number of carboxylic acids is 1. The van der Waals surface area contributed by atoms with Crippen molar-refractivity contribution in [3.63, 3.8) is 0 Å². The van der Waals surface area contributed by atoms with Gasteiger partial charge in [0.15, 0.2) is 0 Å². The van der Waals surface area contributed by atoms with Gasteiger partial charge >= 0.3 is 5.97 Å². The van der Waals surface area contributed by atoms with E-state index in [-0.39, 0.29) is 18.9 Å². The Morgan fingerprint density at radius 1 is 1.25 bits per heavy atom. The molecule has 0 bridgehead atoms. The Hall–Kier alpha value is -2.82. The maximum Gasteiger partial charge on any atom is 0.312 e. The van der Waals surface area contributed by atoms with Crippen LogP contribution >= 0.6 is 0 Å². The number of methoxy groups -OCH3 is 1. The molecule has 0 spiro atoms. The zero-order valence-electron chi connectivity index (χ0n) is 13.7. The van der Waals surface area contributed by atoms with Crippen LogP contribution in [0.25, 0.3) is 0 Å². The zero-order chi connectivity index (χ0) is 17.3. The van der Waals surface area contributed by atoms with Crippen molar-refractivity contribution >= 4 is 17.6 Å². The summed E-state index contributed by atoms with van der Waals surface area (Å²) in [5.41, 5.74) is 3.22. The molecule has 1 aliphatic heterocycles. The third-order valence-corrected chi connectivity index (χ3v) is 4.34. The fourth-order valence-electron chi connectivity index (χ4n) is 3.16. The molecule has 2 aromatic carbocycles. The van der Waals surface area contributed by atoms with Crippen LogP contribution in [0.1, 0.15) is 22.6 Å². The monoisotopic (exact) mass is 325 g/mol. The minimum atomic E-state index is -0.911. The van der Waals surface area contributed by atoms with E-state index in [0.29, 0.717) is 17.0 Å². The topological polar surface area (TPSA) is 66.8 Å². The molecule has 0 fully saturated rings. The number of amides is 1. The van der Waals surface area contributed by atoms with Gasteiger partial charge in [0.25, 0.3) is 0 Å². The number of hydrogen-bond donors (Lipinski definition) is 1. The van der Waals surface area contributed by atoms with E-state index in [9.17, 15) is 14.7 Å². The number of aryl methyl sites for hydroxylation is 1. The van der Waals surface area contributed by atoms with Crippen LogP contribution in [0.5, 0.6) is 5.75 Å². The van der Waals surface area contributed by atoms with E-state index >= 15 is 0 Å². The number of carbonyl (C=O) groups is 2. The second kappa shape index (κ2) is 6.35. The van der Waals surface area contributed by atoms with Crippen LogP contribution in [-0.4, -0.2) is 30.6 Å². The van der Waals surface area contributed by atoms with Gasteiger partial charge in [-0.25, -0.2) is 0 Å². The molecule has 124 valence electrons. The molecule has 24 heavy (non-hydrogen) atoms. The second-order valence-corrected chi connectivity index (χ2v) is 5.95. The number of hydrogen-bond acceptors (Lipinski definition) is 3. The fourth-order valence-corrected chi connectivity index (χ4v) is 3.16. The first-order chi connectivity index (χ1) is 11.5. The van der Waals surface area contributed by atoms with E-state index in [4.69, 9.17) is 4.74 Å². The summed E-state index contributed by atoms with van der Waals surface area (Å²) in [7, 11) is 1.57. The molecule has 0 aromatic heterocycles. The molecule has 1 aliphatic rings. The number of anilines is 1. The highest BCUT2D eigenvalue weighted by atomic mass is 16.5. The summed E-state index contributed by atoms with van der Waals surface area (Å²) in [4.78, 5) is 25.8. The molecule has 5 nitrogen and oxygen atoms in total. The fraction of sp³-hybridized carbons (Fsp3) is 0.263. The maximum atomic E-state index is 12.8. The second-order valence-electron chi connectivity index (χ2n) is 5.95. The van der Waals surface area contributed by atoms with Gasteiger partial charge < -0.3 is 14.7 Å². The van der Waals surface area contributed by atoms with Crippen LogP contribution in [0.4, 0.5) is 5.69 Å². The van der Waals surface area contributed by atoms with E-state index in [1.165, 1.54) is 0 Å². The molecular weight excluding hydrogens is 306 g/mol. The molecule has 0 saturated heterocycles. The van der Waals surface area contributed by atoms with Crippen molar-refractivity contribution in [2.24, 2.45) is 0 Å². The predicted octanol–water partition coefficient (Wildman–Crippen LogP) is 2.76. The smallest absolute Gasteiger partial charge is 0.312 e. The maximum absolute atomic E-state index is 12.8. The number of ether oxygens (including phenoxy) is 1. The highest BCUT2D eigenvalue weighted by Crippen LogP contribution is 2.36. The largest absolute Gasteiger partial charge is 0.496 e. The highest BCUT2D eigenvalue weighted by Gasteiger charge is 2.36. The first-order valence-corrected chi connectivity index (χ1v) is 7.77. The van der Waals surface area contributed by atoms with Gasteiger partial charge in [-0.1, -0.05) is 35.9 Å². The Morgan fingerprint density at radius 3 is 2.71 bits per heavy atom. The summed E-state index contributed by atoms with van der Waals surface area (Å²) in [5.74, 6) is -1.05. The Labute approximate surface area is 140 Å². The molecule has 1 N–H and O–H groups in total. The average molecular weight is 325 g/mol. The van der Waals surface area contributed by atoms with Crippen molar-refractivity contribution in [3.05, 3.63) is 59.2 Å². The van der Waals surface area contributed by atoms with Crippen molar-refractivity contribution in [1.29, 1.82) is 0 Å². The molecule has 3 rings (SSSR count). The number of rotatable bonds is 4. The zero-order valence-corrected chi connectivity index (χ0v) is 13.7. The lowest BCUT2D eigenvalue weighted by Crippen LogP contribution is -2.32. The van der Waals surface area contributed by atoms with E-state index in [1.807, 2.05) is 31.2 Å². The molecule has 5 heteroatoms. The molecule has 1 unspecified atom stereocenters. The molecule has 1 amide bonds. The van der Waals surface area contributed by atoms with Gasteiger partial charge in [-0.3, -0.25) is 9.59 Å². The summed E-state index contributed by atoms with van der Waals surface area (Å²) in [5, 5.41) is 9.41. The van der Waals surface area contributed by atoms with Crippen LogP contribution in [0.15, 0.2) is 42.5 Å². The number of para-hydroxylation sites is 1. The molecule has 0 saturated carbocycles. The van der Waals surface area contributed by atoms with Gasteiger partial charge in [0, 0.05) is 17.8 Å². The number of nitrogens with zero attached hydrogens (tertiary/aromatic N) is 1.